The Kier molecular flexibility index (Phi) is 6.30. The lowest BCUT2D eigenvalue weighted by molar-refractivity contribution is 0.00494. The van der Waals surface area contributed by atoms with Gasteiger partial charge < -0.3 is 14.4 Å². The van der Waals surface area contributed by atoms with Gasteiger partial charge in [-0.1, -0.05) is 18.2 Å². The summed E-state index contributed by atoms with van der Waals surface area (Å²) in [5, 5.41) is 1.16. The summed E-state index contributed by atoms with van der Waals surface area (Å²) in [5.41, 5.74) is 0.301. The second-order valence-corrected chi connectivity index (χ2v) is 8.84. The summed E-state index contributed by atoms with van der Waals surface area (Å²) in [4.78, 5) is 13.4. The van der Waals surface area contributed by atoms with Gasteiger partial charge in [-0.05, 0) is 38.5 Å². The van der Waals surface area contributed by atoms with Gasteiger partial charge in [-0.3, -0.25) is 0 Å². The number of sulfonamides is 1. The van der Waals surface area contributed by atoms with Crippen LogP contribution in [0.3, 0.4) is 0 Å². The highest BCUT2D eigenvalue weighted by atomic mass is 32.2. The van der Waals surface area contributed by atoms with Crippen LogP contribution in [0.15, 0.2) is 35.7 Å². The van der Waals surface area contributed by atoms with Crippen molar-refractivity contribution in [2.75, 3.05) is 20.2 Å². The Morgan fingerprint density at radius 3 is 2.42 bits per heavy atom. The van der Waals surface area contributed by atoms with Crippen molar-refractivity contribution in [3.63, 3.8) is 0 Å². The lowest BCUT2D eigenvalue weighted by atomic mass is 10.0. The molecular weight excluding hydrogens is 356 g/mol. The van der Waals surface area contributed by atoms with E-state index >= 15 is 0 Å². The Morgan fingerprint density at radius 2 is 1.88 bits per heavy atom. The van der Waals surface area contributed by atoms with E-state index in [1.807, 2.05) is 20.8 Å². The van der Waals surface area contributed by atoms with E-state index in [2.05, 4.69) is 4.72 Å². The van der Waals surface area contributed by atoms with Crippen molar-refractivity contribution < 1.29 is 22.7 Å². The molecule has 7 nitrogen and oxygen atoms in total. The number of nitrogens with zero attached hydrogens (tertiary/aromatic N) is 1. The molecule has 0 spiro atoms. The number of likely N-dealkylation sites (tertiary alicyclic amines) is 1. The average molecular weight is 382 g/mol. The van der Waals surface area contributed by atoms with E-state index in [0.29, 0.717) is 13.1 Å². The normalized spacial score (nSPS) is 15.8. The molecule has 8 heteroatoms. The number of hydrogen-bond donors (Lipinski definition) is 1. The van der Waals surface area contributed by atoms with Crippen molar-refractivity contribution in [1.82, 2.24) is 9.62 Å². The highest BCUT2D eigenvalue weighted by Crippen LogP contribution is 2.20. The Morgan fingerprint density at radius 1 is 1.27 bits per heavy atom. The maximum Gasteiger partial charge on any atom is 0.410 e. The van der Waals surface area contributed by atoms with E-state index in [1.165, 1.54) is 0 Å². The van der Waals surface area contributed by atoms with E-state index in [9.17, 15) is 13.2 Å². The van der Waals surface area contributed by atoms with Gasteiger partial charge >= 0.3 is 6.09 Å². The number of carbonyl (C=O) groups excluding carboxylic acids is 1. The lowest BCUT2D eigenvalue weighted by Crippen LogP contribution is -2.50. The van der Waals surface area contributed by atoms with E-state index in [-0.39, 0.29) is 18.6 Å². The first-order chi connectivity index (χ1) is 12.1. The molecule has 0 saturated carbocycles. The van der Waals surface area contributed by atoms with Gasteiger partial charge in [0.2, 0.25) is 10.0 Å². The number of carbonyl (C=O) groups is 1. The van der Waals surface area contributed by atoms with Crippen molar-refractivity contribution in [2.24, 2.45) is 5.92 Å². The van der Waals surface area contributed by atoms with E-state index in [1.54, 1.807) is 42.4 Å². The third-order valence-electron chi connectivity index (χ3n) is 3.73. The SMILES string of the molecule is COc1ccc(CNS(=O)(=O)/C=C/C2CN(C(=O)OC(C)(C)C)C2)cc1. The molecule has 1 aromatic rings. The topological polar surface area (TPSA) is 84.9 Å². The minimum Gasteiger partial charge on any atom is -0.497 e. The highest BCUT2D eigenvalue weighted by Gasteiger charge is 2.32. The maximum absolute atomic E-state index is 12.0. The third-order valence-corrected chi connectivity index (χ3v) is 4.79. The number of amides is 1. The Labute approximate surface area is 155 Å². The first-order valence-corrected chi connectivity index (χ1v) is 9.91. The minimum absolute atomic E-state index is 0.0140. The molecule has 0 radical (unpaired) electrons. The average Bonchev–Trinajstić information content (AvgIpc) is 2.50. The quantitative estimate of drug-likeness (QED) is 0.817. The number of hydrogen-bond acceptors (Lipinski definition) is 5. The van der Waals surface area contributed by atoms with Crippen molar-refractivity contribution in [2.45, 2.75) is 32.9 Å². The molecule has 0 unspecified atom stereocenters. The predicted octanol–water partition coefficient (Wildman–Crippen LogP) is 2.50. The Bertz CT molecular complexity index is 745. The number of ether oxygens (including phenoxy) is 2. The standard InChI is InChI=1S/C18H26N2O5S/c1-18(2,3)25-17(21)20-12-15(13-20)9-10-26(22,23)19-11-14-5-7-16(24-4)8-6-14/h5-10,15,19H,11-13H2,1-4H3/b10-9+. The van der Waals surface area contributed by atoms with E-state index < -0.39 is 15.6 Å². The second-order valence-electron chi connectivity index (χ2n) is 7.19. The molecule has 26 heavy (non-hydrogen) atoms. The van der Waals surface area contributed by atoms with Crippen LogP contribution in [0.5, 0.6) is 5.75 Å². The second kappa shape index (κ2) is 8.09. The van der Waals surface area contributed by atoms with Crippen LogP contribution in [-0.2, 0) is 21.3 Å². The van der Waals surface area contributed by atoms with Crippen LogP contribution in [0.2, 0.25) is 0 Å². The molecule has 1 aliphatic heterocycles. The van der Waals surface area contributed by atoms with Gasteiger partial charge in [0.25, 0.3) is 0 Å². The summed E-state index contributed by atoms with van der Waals surface area (Å²) in [6.45, 7) is 6.54. The van der Waals surface area contributed by atoms with Crippen LogP contribution in [0.1, 0.15) is 26.3 Å². The summed E-state index contributed by atoms with van der Waals surface area (Å²) < 4.78 is 36.9. The van der Waals surface area contributed by atoms with Gasteiger partial charge in [0.15, 0.2) is 0 Å². The van der Waals surface area contributed by atoms with Crippen LogP contribution in [0.25, 0.3) is 0 Å². The third kappa shape index (κ3) is 6.34. The molecular formula is C18H26N2O5S. The Hall–Kier alpha value is -2.06. The van der Waals surface area contributed by atoms with Crippen LogP contribution >= 0.6 is 0 Å². The molecule has 1 fully saturated rings. The zero-order chi connectivity index (χ0) is 19.4. The van der Waals surface area contributed by atoms with Crippen LogP contribution in [0, 0.1) is 5.92 Å². The fraction of sp³-hybridized carbons (Fsp3) is 0.500. The molecule has 0 aromatic heterocycles. The van der Waals surface area contributed by atoms with Crippen molar-refractivity contribution in [3.05, 3.63) is 41.3 Å². The predicted molar refractivity (Wildman–Crippen MR) is 99.2 cm³/mol. The molecule has 0 atom stereocenters. The molecule has 0 bridgehead atoms. The van der Waals surface area contributed by atoms with E-state index in [0.717, 1.165) is 16.7 Å². The first kappa shape index (κ1) is 20.3. The summed E-state index contributed by atoms with van der Waals surface area (Å²) in [7, 11) is -1.95. The van der Waals surface area contributed by atoms with E-state index in [4.69, 9.17) is 9.47 Å². The summed E-state index contributed by atoms with van der Waals surface area (Å²) in [5.74, 6) is 0.733. The van der Waals surface area contributed by atoms with Crippen LogP contribution < -0.4 is 9.46 Å². The number of methoxy groups -OCH3 is 1. The first-order valence-electron chi connectivity index (χ1n) is 8.37. The molecule has 0 aliphatic carbocycles. The van der Waals surface area contributed by atoms with Crippen molar-refractivity contribution in [1.29, 1.82) is 0 Å². The zero-order valence-corrected chi connectivity index (χ0v) is 16.4. The largest absolute Gasteiger partial charge is 0.497 e. The molecule has 144 valence electrons. The summed E-state index contributed by atoms with van der Waals surface area (Å²) in [6.07, 6.45) is 1.24. The zero-order valence-electron chi connectivity index (χ0n) is 15.6. The molecule has 1 aromatic carbocycles. The van der Waals surface area contributed by atoms with Gasteiger partial charge in [-0.25, -0.2) is 17.9 Å². The van der Waals surface area contributed by atoms with Crippen molar-refractivity contribution in [3.8, 4) is 5.75 Å². The van der Waals surface area contributed by atoms with Gasteiger partial charge in [-0.2, -0.15) is 0 Å². The van der Waals surface area contributed by atoms with Gasteiger partial charge in [0.1, 0.15) is 11.4 Å². The number of rotatable bonds is 6. The minimum atomic E-state index is -3.53. The smallest absolute Gasteiger partial charge is 0.410 e. The summed E-state index contributed by atoms with van der Waals surface area (Å²) >= 11 is 0. The lowest BCUT2D eigenvalue weighted by Gasteiger charge is -2.38. The number of nitrogens with one attached hydrogen (secondary N) is 1. The fourth-order valence-corrected chi connectivity index (χ4v) is 3.19. The van der Waals surface area contributed by atoms with Crippen LogP contribution in [0.4, 0.5) is 4.79 Å². The highest BCUT2D eigenvalue weighted by molar-refractivity contribution is 7.92. The molecule has 1 amide bonds. The van der Waals surface area contributed by atoms with Gasteiger partial charge in [0, 0.05) is 31.0 Å². The molecule has 1 aliphatic rings. The maximum atomic E-state index is 12.0. The van der Waals surface area contributed by atoms with Crippen LogP contribution in [-0.4, -0.2) is 45.2 Å². The summed E-state index contributed by atoms with van der Waals surface area (Å²) in [6, 6.07) is 7.16. The van der Waals surface area contributed by atoms with Crippen molar-refractivity contribution >= 4 is 16.1 Å². The van der Waals surface area contributed by atoms with Gasteiger partial charge in [-0.15, -0.1) is 0 Å². The molecule has 2 rings (SSSR count). The molecule has 1 heterocycles. The number of benzene rings is 1. The van der Waals surface area contributed by atoms with Gasteiger partial charge in [0.05, 0.1) is 7.11 Å². The fourth-order valence-electron chi connectivity index (χ4n) is 2.30. The monoisotopic (exact) mass is 382 g/mol. The molecule has 1 N–H and O–H groups in total. The molecule has 1 saturated heterocycles. The Balaban J connectivity index is 1.78.